The molecule has 5 heteroatoms. The van der Waals surface area contributed by atoms with E-state index in [-0.39, 0.29) is 11.8 Å². The van der Waals surface area contributed by atoms with E-state index >= 15 is 0 Å². The molecule has 3 aromatic rings. The van der Waals surface area contributed by atoms with Crippen molar-refractivity contribution < 1.29 is 9.59 Å². The fraction of sp³-hybridized carbons (Fsp3) is 0.185. The first-order valence-corrected chi connectivity index (χ1v) is 11.4. The first-order chi connectivity index (χ1) is 15.4. The molecule has 4 nitrogen and oxygen atoms in total. The predicted octanol–water partition coefficient (Wildman–Crippen LogP) is 6.13. The molecule has 2 amide bonds. The number of aryl methyl sites for hydroxylation is 1. The van der Waals surface area contributed by atoms with Crippen LogP contribution >= 0.6 is 11.8 Å². The zero-order chi connectivity index (χ0) is 22.8. The summed E-state index contributed by atoms with van der Waals surface area (Å²) in [5, 5.41) is 0. The van der Waals surface area contributed by atoms with E-state index in [2.05, 4.69) is 13.8 Å². The van der Waals surface area contributed by atoms with Gasteiger partial charge in [-0.2, -0.15) is 0 Å². The summed E-state index contributed by atoms with van der Waals surface area (Å²) in [6.45, 7) is 6.26. The van der Waals surface area contributed by atoms with Gasteiger partial charge in [-0.05, 0) is 54.8 Å². The molecule has 0 radical (unpaired) electrons. The van der Waals surface area contributed by atoms with E-state index in [1.807, 2.05) is 92.8 Å². The van der Waals surface area contributed by atoms with Crippen LogP contribution in [0.25, 0.3) is 0 Å². The lowest BCUT2D eigenvalue weighted by atomic mass is 10.0. The van der Waals surface area contributed by atoms with Crippen LogP contribution in [0, 0.1) is 6.92 Å². The van der Waals surface area contributed by atoms with Crippen molar-refractivity contribution in [1.29, 1.82) is 0 Å². The lowest BCUT2D eigenvalue weighted by Crippen LogP contribution is -2.34. The average Bonchev–Trinajstić information content (AvgIpc) is 3.04. The number of hydrogen-bond donors (Lipinski definition) is 0. The van der Waals surface area contributed by atoms with Gasteiger partial charge in [-0.15, -0.1) is 0 Å². The molecule has 0 N–H and O–H groups in total. The van der Waals surface area contributed by atoms with Crippen molar-refractivity contribution >= 4 is 35.0 Å². The summed E-state index contributed by atoms with van der Waals surface area (Å²) in [5.74, 6) is -0.233. The molecule has 0 bridgehead atoms. The van der Waals surface area contributed by atoms with E-state index in [0.717, 1.165) is 21.7 Å². The number of amides is 2. The Bertz CT molecular complexity index is 1170. The number of imide groups is 1. The third-order valence-corrected chi connectivity index (χ3v) is 6.64. The van der Waals surface area contributed by atoms with Gasteiger partial charge in [0.15, 0.2) is 0 Å². The number of anilines is 2. The summed E-state index contributed by atoms with van der Waals surface area (Å²) in [5.41, 5.74) is 4.13. The molecule has 3 aromatic carbocycles. The molecule has 1 aliphatic heterocycles. The number of carbonyl (C=O) groups is 2. The van der Waals surface area contributed by atoms with Crippen molar-refractivity contribution in [3.8, 4) is 0 Å². The second-order valence-electron chi connectivity index (χ2n) is 8.18. The first kappa shape index (κ1) is 21.9. The fourth-order valence-corrected chi connectivity index (χ4v) is 4.64. The van der Waals surface area contributed by atoms with Gasteiger partial charge in [0, 0.05) is 17.6 Å². The third kappa shape index (κ3) is 4.21. The smallest absolute Gasteiger partial charge is 0.283 e. The van der Waals surface area contributed by atoms with E-state index in [4.69, 9.17) is 0 Å². The number of hydrogen-bond acceptors (Lipinski definition) is 4. The second-order valence-corrected chi connectivity index (χ2v) is 9.26. The number of benzene rings is 3. The Morgan fingerprint density at radius 2 is 1.44 bits per heavy atom. The maximum atomic E-state index is 13.6. The van der Waals surface area contributed by atoms with Crippen LogP contribution in [0.2, 0.25) is 0 Å². The highest BCUT2D eigenvalue weighted by Gasteiger charge is 2.42. The number of likely N-dealkylation sites (N-methyl/N-ethyl adjacent to an activating group) is 1. The maximum absolute atomic E-state index is 13.6. The number of para-hydroxylation sites is 1. The molecular formula is C27H26N2O2S. The largest absolute Gasteiger partial charge is 0.339 e. The second kappa shape index (κ2) is 9.05. The van der Waals surface area contributed by atoms with Crippen LogP contribution in [0.3, 0.4) is 0 Å². The van der Waals surface area contributed by atoms with Crippen LogP contribution in [0.5, 0.6) is 0 Å². The van der Waals surface area contributed by atoms with E-state index in [1.165, 1.54) is 16.7 Å². The standard InChI is InChI=1S/C27H26N2O2S/c1-18(2)20-12-14-22(15-13-20)29-26(30)24(28(4)21-8-6-5-7-9-21)25(27(29)31)32-23-16-10-19(3)11-17-23/h5-18H,1-4H3. The summed E-state index contributed by atoms with van der Waals surface area (Å²) in [7, 11) is 1.83. The molecule has 0 fully saturated rings. The van der Waals surface area contributed by atoms with Gasteiger partial charge >= 0.3 is 0 Å². The highest BCUT2D eigenvalue weighted by Crippen LogP contribution is 2.39. The summed E-state index contributed by atoms with van der Waals surface area (Å²) < 4.78 is 0. The van der Waals surface area contributed by atoms with Crippen molar-refractivity contribution in [2.75, 3.05) is 16.8 Å². The van der Waals surface area contributed by atoms with Gasteiger partial charge in [0.25, 0.3) is 11.8 Å². The molecule has 32 heavy (non-hydrogen) atoms. The van der Waals surface area contributed by atoms with Gasteiger partial charge in [-0.25, -0.2) is 4.90 Å². The molecule has 0 unspecified atom stereocenters. The third-order valence-electron chi connectivity index (χ3n) is 5.56. The SMILES string of the molecule is Cc1ccc(SC2=C(N(C)c3ccccc3)C(=O)N(c3ccc(C(C)C)cc3)C2=O)cc1. The lowest BCUT2D eigenvalue weighted by molar-refractivity contribution is -0.120. The Balaban J connectivity index is 1.76. The van der Waals surface area contributed by atoms with Crippen molar-refractivity contribution in [2.45, 2.75) is 31.6 Å². The Morgan fingerprint density at radius 1 is 0.812 bits per heavy atom. The quantitative estimate of drug-likeness (QED) is 0.431. The maximum Gasteiger partial charge on any atom is 0.283 e. The first-order valence-electron chi connectivity index (χ1n) is 10.6. The molecule has 1 heterocycles. The van der Waals surface area contributed by atoms with Gasteiger partial charge < -0.3 is 4.90 Å². The molecule has 4 rings (SSSR count). The molecule has 0 aliphatic carbocycles. The van der Waals surface area contributed by atoms with Gasteiger partial charge in [-0.3, -0.25) is 9.59 Å². The Kier molecular flexibility index (Phi) is 6.19. The van der Waals surface area contributed by atoms with Crippen molar-refractivity contribution in [3.05, 3.63) is 101 Å². The van der Waals surface area contributed by atoms with E-state index < -0.39 is 0 Å². The van der Waals surface area contributed by atoms with Crippen molar-refractivity contribution in [1.82, 2.24) is 0 Å². The van der Waals surface area contributed by atoms with Gasteiger partial charge in [0.05, 0.1) is 5.69 Å². The number of thioether (sulfide) groups is 1. The number of nitrogens with zero attached hydrogens (tertiary/aromatic N) is 2. The zero-order valence-electron chi connectivity index (χ0n) is 18.7. The van der Waals surface area contributed by atoms with Crippen LogP contribution in [0.15, 0.2) is 94.4 Å². The van der Waals surface area contributed by atoms with E-state index in [1.54, 1.807) is 4.90 Å². The summed E-state index contributed by atoms with van der Waals surface area (Å²) >= 11 is 1.34. The molecular weight excluding hydrogens is 416 g/mol. The monoisotopic (exact) mass is 442 g/mol. The van der Waals surface area contributed by atoms with Crippen LogP contribution in [-0.4, -0.2) is 18.9 Å². The lowest BCUT2D eigenvalue weighted by Gasteiger charge is -2.21. The topological polar surface area (TPSA) is 40.6 Å². The minimum absolute atomic E-state index is 0.296. The van der Waals surface area contributed by atoms with Crippen LogP contribution in [0.4, 0.5) is 11.4 Å². The molecule has 0 aromatic heterocycles. The number of carbonyl (C=O) groups excluding carboxylic acids is 2. The summed E-state index contributed by atoms with van der Waals surface area (Å²) in [6.07, 6.45) is 0. The Hall–Kier alpha value is -3.31. The van der Waals surface area contributed by atoms with E-state index in [9.17, 15) is 9.59 Å². The molecule has 0 spiro atoms. The molecule has 0 saturated carbocycles. The highest BCUT2D eigenvalue weighted by atomic mass is 32.2. The van der Waals surface area contributed by atoms with Crippen LogP contribution < -0.4 is 9.80 Å². The molecule has 0 atom stereocenters. The van der Waals surface area contributed by atoms with Crippen molar-refractivity contribution in [3.63, 3.8) is 0 Å². The minimum atomic E-state index is -0.312. The number of rotatable bonds is 6. The Morgan fingerprint density at radius 3 is 2.03 bits per heavy atom. The van der Waals surface area contributed by atoms with Gasteiger partial charge in [0.2, 0.25) is 0 Å². The molecule has 1 aliphatic rings. The highest BCUT2D eigenvalue weighted by molar-refractivity contribution is 8.04. The summed E-state index contributed by atoms with van der Waals surface area (Å²) in [4.78, 5) is 31.6. The van der Waals surface area contributed by atoms with Gasteiger partial charge in [0.1, 0.15) is 10.6 Å². The van der Waals surface area contributed by atoms with Crippen LogP contribution in [0.1, 0.15) is 30.9 Å². The molecule has 0 saturated heterocycles. The van der Waals surface area contributed by atoms with Gasteiger partial charge in [-0.1, -0.05) is 73.6 Å². The minimum Gasteiger partial charge on any atom is -0.339 e. The zero-order valence-corrected chi connectivity index (χ0v) is 19.5. The summed E-state index contributed by atoms with van der Waals surface area (Å²) in [6, 6.07) is 25.3. The normalized spacial score (nSPS) is 14.0. The Labute approximate surface area is 193 Å². The predicted molar refractivity (Wildman–Crippen MR) is 132 cm³/mol. The van der Waals surface area contributed by atoms with Crippen molar-refractivity contribution in [2.24, 2.45) is 0 Å². The van der Waals surface area contributed by atoms with Crippen LogP contribution in [-0.2, 0) is 9.59 Å². The van der Waals surface area contributed by atoms with E-state index in [0.29, 0.717) is 22.2 Å². The fourth-order valence-electron chi connectivity index (χ4n) is 3.63. The molecule has 162 valence electrons. The average molecular weight is 443 g/mol.